The van der Waals surface area contributed by atoms with Gasteiger partial charge in [-0.1, -0.05) is 6.07 Å². The third kappa shape index (κ3) is 3.93. The summed E-state index contributed by atoms with van der Waals surface area (Å²) in [7, 11) is 0. The molecule has 0 aliphatic carbocycles. The summed E-state index contributed by atoms with van der Waals surface area (Å²) in [6.45, 7) is 3.87. The quantitative estimate of drug-likeness (QED) is 0.624. The lowest BCUT2D eigenvalue weighted by molar-refractivity contribution is -0.385. The second kappa shape index (κ2) is 6.49. The van der Waals surface area contributed by atoms with Crippen LogP contribution in [0.4, 0.5) is 11.4 Å². The van der Waals surface area contributed by atoms with Gasteiger partial charge in [0.2, 0.25) is 0 Å². The van der Waals surface area contributed by atoms with Gasteiger partial charge in [-0.25, -0.2) is 0 Å². The second-order valence-electron chi connectivity index (χ2n) is 4.03. The second-order valence-corrected chi connectivity index (χ2v) is 5.02. The summed E-state index contributed by atoms with van der Waals surface area (Å²) in [5.74, 6) is 1.09. The van der Waals surface area contributed by atoms with Crippen LogP contribution in [0.15, 0.2) is 18.2 Å². The highest BCUT2D eigenvalue weighted by molar-refractivity contribution is 7.98. The summed E-state index contributed by atoms with van der Waals surface area (Å²) in [5.41, 5.74) is 1.73. The Morgan fingerprint density at radius 1 is 1.53 bits per heavy atom. The fraction of sp³-hybridized carbons (Fsp3) is 0.500. The predicted octanol–water partition coefficient (Wildman–Crippen LogP) is 3.46. The lowest BCUT2D eigenvalue weighted by atomic mass is 10.1. The number of hydrogen-bond donors (Lipinski definition) is 1. The minimum absolute atomic E-state index is 0.173. The predicted molar refractivity (Wildman–Crippen MR) is 73.9 cm³/mol. The van der Waals surface area contributed by atoms with E-state index in [9.17, 15) is 10.1 Å². The average Bonchev–Trinajstić information content (AvgIpc) is 2.28. The normalized spacial score (nSPS) is 12.2. The van der Waals surface area contributed by atoms with Gasteiger partial charge in [0, 0.05) is 23.4 Å². The molecule has 0 bridgehead atoms. The molecule has 4 nitrogen and oxygen atoms in total. The van der Waals surface area contributed by atoms with E-state index in [2.05, 4.69) is 18.5 Å². The SMILES string of the molecule is CSCCC(C)Nc1cccc([N+](=O)[O-])c1C. The fourth-order valence-corrected chi connectivity index (χ4v) is 2.20. The maximum absolute atomic E-state index is 10.8. The molecule has 5 heteroatoms. The summed E-state index contributed by atoms with van der Waals surface area (Å²) < 4.78 is 0. The Bertz CT molecular complexity index is 396. The number of benzene rings is 1. The maximum atomic E-state index is 10.8. The Morgan fingerprint density at radius 3 is 2.82 bits per heavy atom. The van der Waals surface area contributed by atoms with Crippen LogP contribution >= 0.6 is 11.8 Å². The molecular weight excluding hydrogens is 236 g/mol. The van der Waals surface area contributed by atoms with Gasteiger partial charge in [-0.05, 0) is 38.3 Å². The molecule has 1 unspecified atom stereocenters. The Kier molecular flexibility index (Phi) is 5.28. The molecule has 1 N–H and O–H groups in total. The molecule has 0 aliphatic rings. The van der Waals surface area contributed by atoms with Crippen LogP contribution in [0, 0.1) is 17.0 Å². The van der Waals surface area contributed by atoms with Crippen molar-refractivity contribution in [3.63, 3.8) is 0 Å². The van der Waals surface area contributed by atoms with Crippen molar-refractivity contribution in [3.05, 3.63) is 33.9 Å². The lowest BCUT2D eigenvalue weighted by Crippen LogP contribution is -2.16. The first-order chi connectivity index (χ1) is 8.06. The van der Waals surface area contributed by atoms with Crippen molar-refractivity contribution in [2.45, 2.75) is 26.3 Å². The van der Waals surface area contributed by atoms with Crippen LogP contribution in [0.3, 0.4) is 0 Å². The van der Waals surface area contributed by atoms with E-state index >= 15 is 0 Å². The van der Waals surface area contributed by atoms with Gasteiger partial charge < -0.3 is 5.32 Å². The third-order valence-corrected chi connectivity index (χ3v) is 3.30. The zero-order valence-corrected chi connectivity index (χ0v) is 11.2. The molecular formula is C12H18N2O2S. The zero-order chi connectivity index (χ0) is 12.8. The van der Waals surface area contributed by atoms with Gasteiger partial charge in [0.1, 0.15) is 0 Å². The zero-order valence-electron chi connectivity index (χ0n) is 10.4. The molecule has 0 heterocycles. The highest BCUT2D eigenvalue weighted by Gasteiger charge is 2.14. The lowest BCUT2D eigenvalue weighted by Gasteiger charge is -2.16. The van der Waals surface area contributed by atoms with Gasteiger partial charge in [0.25, 0.3) is 5.69 Å². The maximum Gasteiger partial charge on any atom is 0.274 e. The van der Waals surface area contributed by atoms with Gasteiger partial charge in [-0.15, -0.1) is 0 Å². The molecule has 1 aromatic carbocycles. The smallest absolute Gasteiger partial charge is 0.274 e. The molecule has 0 amide bonds. The highest BCUT2D eigenvalue weighted by Crippen LogP contribution is 2.25. The summed E-state index contributed by atoms with van der Waals surface area (Å²) in [5, 5.41) is 14.1. The molecule has 0 radical (unpaired) electrons. The van der Waals surface area contributed by atoms with Crippen molar-refractivity contribution in [2.24, 2.45) is 0 Å². The number of nitrogens with zero attached hydrogens (tertiary/aromatic N) is 1. The molecule has 0 spiro atoms. The van der Waals surface area contributed by atoms with Crippen LogP contribution in [0.25, 0.3) is 0 Å². The number of hydrogen-bond acceptors (Lipinski definition) is 4. The van der Waals surface area contributed by atoms with Crippen molar-refractivity contribution in [3.8, 4) is 0 Å². The molecule has 0 saturated heterocycles. The highest BCUT2D eigenvalue weighted by atomic mass is 32.2. The molecule has 0 saturated carbocycles. The van der Waals surface area contributed by atoms with Crippen LogP contribution in [0.1, 0.15) is 18.9 Å². The largest absolute Gasteiger partial charge is 0.382 e. The first-order valence-corrected chi connectivity index (χ1v) is 6.95. The topological polar surface area (TPSA) is 55.2 Å². The van der Waals surface area contributed by atoms with Crippen molar-refractivity contribution < 1.29 is 4.92 Å². The molecule has 94 valence electrons. The van der Waals surface area contributed by atoms with E-state index in [1.54, 1.807) is 24.8 Å². The number of nitro benzene ring substituents is 1. The van der Waals surface area contributed by atoms with Crippen molar-refractivity contribution >= 4 is 23.1 Å². The molecule has 1 rings (SSSR count). The minimum atomic E-state index is -0.340. The molecule has 17 heavy (non-hydrogen) atoms. The average molecular weight is 254 g/mol. The van der Waals surface area contributed by atoms with Crippen molar-refractivity contribution in [2.75, 3.05) is 17.3 Å². The first-order valence-electron chi connectivity index (χ1n) is 5.55. The van der Waals surface area contributed by atoms with E-state index in [0.29, 0.717) is 11.6 Å². The third-order valence-electron chi connectivity index (χ3n) is 2.66. The van der Waals surface area contributed by atoms with Crippen LogP contribution in [-0.4, -0.2) is 23.0 Å². The van der Waals surface area contributed by atoms with Crippen LogP contribution in [0.5, 0.6) is 0 Å². The Morgan fingerprint density at radius 2 is 2.24 bits per heavy atom. The van der Waals surface area contributed by atoms with Crippen LogP contribution in [-0.2, 0) is 0 Å². The summed E-state index contributed by atoms with van der Waals surface area (Å²) in [6.07, 6.45) is 3.12. The van der Waals surface area contributed by atoms with Crippen LogP contribution in [0.2, 0.25) is 0 Å². The van der Waals surface area contributed by atoms with Gasteiger partial charge in [-0.2, -0.15) is 11.8 Å². The van der Waals surface area contributed by atoms with Gasteiger partial charge in [0.05, 0.1) is 4.92 Å². The minimum Gasteiger partial charge on any atom is -0.382 e. The number of nitro groups is 1. The van der Waals surface area contributed by atoms with E-state index in [0.717, 1.165) is 17.9 Å². The summed E-state index contributed by atoms with van der Waals surface area (Å²) in [6, 6.07) is 5.46. The standard InChI is InChI=1S/C12H18N2O2S/c1-9(7-8-17-3)13-11-5-4-6-12(10(11)2)14(15)16/h4-6,9,13H,7-8H2,1-3H3. The van der Waals surface area contributed by atoms with E-state index in [-0.39, 0.29) is 10.6 Å². The van der Waals surface area contributed by atoms with Gasteiger partial charge >= 0.3 is 0 Å². The first kappa shape index (κ1) is 13.8. The van der Waals surface area contributed by atoms with Crippen LogP contribution < -0.4 is 5.32 Å². The number of rotatable bonds is 6. The molecule has 0 aromatic heterocycles. The van der Waals surface area contributed by atoms with E-state index in [1.807, 2.05) is 6.07 Å². The number of thioether (sulfide) groups is 1. The Hall–Kier alpha value is -1.23. The van der Waals surface area contributed by atoms with Crippen molar-refractivity contribution in [1.29, 1.82) is 0 Å². The van der Waals surface area contributed by atoms with Crippen molar-refractivity contribution in [1.82, 2.24) is 0 Å². The molecule has 0 fully saturated rings. The Balaban J connectivity index is 2.77. The monoisotopic (exact) mass is 254 g/mol. The molecule has 1 atom stereocenters. The van der Waals surface area contributed by atoms with Gasteiger partial charge in [0.15, 0.2) is 0 Å². The van der Waals surface area contributed by atoms with Gasteiger partial charge in [-0.3, -0.25) is 10.1 Å². The summed E-state index contributed by atoms with van der Waals surface area (Å²) in [4.78, 5) is 10.5. The fourth-order valence-electron chi connectivity index (χ4n) is 1.61. The van der Waals surface area contributed by atoms with E-state index < -0.39 is 0 Å². The number of nitrogens with one attached hydrogen (secondary N) is 1. The summed E-state index contributed by atoms with van der Waals surface area (Å²) >= 11 is 1.80. The molecule has 1 aromatic rings. The number of anilines is 1. The van der Waals surface area contributed by atoms with E-state index in [4.69, 9.17) is 0 Å². The Labute approximate surface area is 106 Å². The molecule has 0 aliphatic heterocycles. The van der Waals surface area contributed by atoms with E-state index in [1.165, 1.54) is 6.07 Å².